The number of hydrogen-bond acceptors (Lipinski definition) is 9. The number of nitro benzene ring substituents is 1. The van der Waals surface area contributed by atoms with E-state index in [2.05, 4.69) is 5.43 Å². The Morgan fingerprint density at radius 2 is 1.66 bits per heavy atom. The highest BCUT2D eigenvalue weighted by Crippen LogP contribution is 2.64. The highest BCUT2D eigenvalue weighted by atomic mass is 35.5. The van der Waals surface area contributed by atoms with Gasteiger partial charge in [-0.1, -0.05) is 65.2 Å². The number of halogens is 2. The van der Waals surface area contributed by atoms with Crippen molar-refractivity contribution < 1.29 is 33.9 Å². The number of amides is 4. The average Bonchev–Trinajstić information content (AvgIpc) is 3.53. The SMILES string of the molecule is COc1ccc(C23C(=O)N(Nc4ccc(Cl)cc4Cl)C(=O)C2CC2C(=CCC4C(=O)N(c5cccc([N+](=O)[O-])c5)C(=O)C42)C3c2cccc(O)c2)cc1. The summed E-state index contributed by atoms with van der Waals surface area (Å²) in [6, 6.07) is 23.3. The number of rotatable bonds is 7. The van der Waals surface area contributed by atoms with Gasteiger partial charge in [0.05, 0.1) is 51.6 Å². The van der Waals surface area contributed by atoms with Gasteiger partial charge in [0.2, 0.25) is 11.8 Å². The van der Waals surface area contributed by atoms with Crippen LogP contribution in [0.5, 0.6) is 11.5 Å². The molecule has 2 saturated heterocycles. The first-order chi connectivity index (χ1) is 25.4. The average molecular weight is 754 g/mol. The van der Waals surface area contributed by atoms with Crippen molar-refractivity contribution in [1.29, 1.82) is 0 Å². The summed E-state index contributed by atoms with van der Waals surface area (Å²) >= 11 is 12.6. The minimum atomic E-state index is -1.59. The third-order valence-electron chi connectivity index (χ3n) is 11.1. The van der Waals surface area contributed by atoms with Gasteiger partial charge in [-0.25, -0.2) is 4.90 Å². The maximum Gasteiger partial charge on any atom is 0.271 e. The van der Waals surface area contributed by atoms with E-state index in [9.17, 15) is 29.6 Å². The number of ether oxygens (including phenoxy) is 1. The van der Waals surface area contributed by atoms with Crippen LogP contribution in [0.25, 0.3) is 0 Å². The zero-order valence-electron chi connectivity index (χ0n) is 27.9. The van der Waals surface area contributed by atoms with Gasteiger partial charge in [0.25, 0.3) is 17.5 Å². The van der Waals surface area contributed by atoms with Crippen molar-refractivity contribution in [3.8, 4) is 11.5 Å². The number of methoxy groups -OCH3 is 1. The molecule has 2 aliphatic carbocycles. The molecule has 0 aromatic heterocycles. The van der Waals surface area contributed by atoms with Crippen LogP contribution >= 0.6 is 23.2 Å². The molecule has 268 valence electrons. The number of nitrogens with one attached hydrogen (secondary N) is 1. The molecule has 6 atom stereocenters. The number of allylic oxidation sites excluding steroid dienone is 2. The monoisotopic (exact) mass is 752 g/mol. The van der Waals surface area contributed by atoms with Crippen LogP contribution in [-0.4, -0.2) is 45.8 Å². The fraction of sp³-hybridized carbons (Fsp3) is 0.231. The molecule has 6 unspecified atom stereocenters. The van der Waals surface area contributed by atoms with Crippen molar-refractivity contribution in [3.63, 3.8) is 0 Å². The number of aromatic hydroxyl groups is 1. The zero-order valence-corrected chi connectivity index (χ0v) is 29.5. The second kappa shape index (κ2) is 12.7. The van der Waals surface area contributed by atoms with Crippen molar-refractivity contribution in [3.05, 3.63) is 134 Å². The van der Waals surface area contributed by atoms with Gasteiger partial charge in [0.1, 0.15) is 11.5 Å². The fourth-order valence-electron chi connectivity index (χ4n) is 8.92. The molecule has 4 aliphatic rings. The van der Waals surface area contributed by atoms with Crippen molar-refractivity contribution in [2.75, 3.05) is 17.4 Å². The number of carbonyl (C=O) groups excluding carboxylic acids is 4. The van der Waals surface area contributed by atoms with Gasteiger partial charge < -0.3 is 9.84 Å². The molecule has 14 heteroatoms. The summed E-state index contributed by atoms with van der Waals surface area (Å²) in [5, 5.41) is 23.9. The van der Waals surface area contributed by atoms with Crippen molar-refractivity contribution in [2.24, 2.45) is 23.7 Å². The molecule has 2 N–H and O–H groups in total. The van der Waals surface area contributed by atoms with Crippen molar-refractivity contribution in [1.82, 2.24) is 5.01 Å². The molecule has 1 saturated carbocycles. The number of phenolic OH excluding ortho intramolecular Hbond substituents is 1. The first-order valence-electron chi connectivity index (χ1n) is 16.8. The number of hydrogen-bond donors (Lipinski definition) is 2. The van der Waals surface area contributed by atoms with Crippen LogP contribution in [0, 0.1) is 33.8 Å². The van der Waals surface area contributed by atoms with Crippen LogP contribution in [0.2, 0.25) is 10.0 Å². The minimum Gasteiger partial charge on any atom is -0.508 e. The molecule has 2 aliphatic heterocycles. The summed E-state index contributed by atoms with van der Waals surface area (Å²) in [7, 11) is 1.52. The quantitative estimate of drug-likeness (QED) is 0.0896. The number of nitro groups is 1. The summed E-state index contributed by atoms with van der Waals surface area (Å²) in [6.45, 7) is 0. The predicted octanol–water partition coefficient (Wildman–Crippen LogP) is 6.81. The Balaban J connectivity index is 1.31. The predicted molar refractivity (Wildman–Crippen MR) is 194 cm³/mol. The van der Waals surface area contributed by atoms with Crippen LogP contribution in [0.15, 0.2) is 103 Å². The van der Waals surface area contributed by atoms with Crippen LogP contribution in [-0.2, 0) is 24.6 Å². The van der Waals surface area contributed by atoms with Crippen LogP contribution in [0.3, 0.4) is 0 Å². The van der Waals surface area contributed by atoms with E-state index in [0.29, 0.717) is 27.5 Å². The third-order valence-corrected chi connectivity index (χ3v) is 11.6. The molecule has 4 aromatic rings. The molecule has 3 fully saturated rings. The molecule has 2 heterocycles. The first-order valence-corrected chi connectivity index (χ1v) is 17.6. The lowest BCUT2D eigenvalue weighted by atomic mass is 9.49. The Morgan fingerprint density at radius 3 is 2.36 bits per heavy atom. The molecule has 8 rings (SSSR count). The smallest absolute Gasteiger partial charge is 0.271 e. The second-order valence-electron chi connectivity index (χ2n) is 13.6. The molecule has 4 amide bonds. The number of nitrogens with zero attached hydrogens (tertiary/aromatic N) is 3. The van der Waals surface area contributed by atoms with E-state index < -0.39 is 63.6 Å². The number of anilines is 2. The number of phenols is 1. The Labute approximate surface area is 312 Å². The number of non-ortho nitro benzene ring substituents is 1. The molecular formula is C39H30Cl2N4O8. The molecule has 0 radical (unpaired) electrons. The fourth-order valence-corrected chi connectivity index (χ4v) is 9.37. The van der Waals surface area contributed by atoms with Gasteiger partial charge in [-0.2, -0.15) is 5.01 Å². The second-order valence-corrected chi connectivity index (χ2v) is 14.4. The van der Waals surface area contributed by atoms with Gasteiger partial charge in [0.15, 0.2) is 0 Å². The van der Waals surface area contributed by atoms with Crippen molar-refractivity contribution >= 4 is 63.9 Å². The van der Waals surface area contributed by atoms with Gasteiger partial charge in [-0.3, -0.25) is 34.7 Å². The van der Waals surface area contributed by atoms with E-state index in [4.69, 9.17) is 27.9 Å². The van der Waals surface area contributed by atoms with E-state index in [1.165, 1.54) is 43.5 Å². The van der Waals surface area contributed by atoms with E-state index >= 15 is 4.79 Å². The van der Waals surface area contributed by atoms with E-state index in [1.54, 1.807) is 54.6 Å². The number of benzene rings is 4. The topological polar surface area (TPSA) is 159 Å². The molecule has 4 aromatic carbocycles. The highest BCUT2D eigenvalue weighted by molar-refractivity contribution is 6.36. The zero-order chi connectivity index (χ0) is 37.3. The lowest BCUT2D eigenvalue weighted by molar-refractivity contribution is -0.384. The lowest BCUT2D eigenvalue weighted by Gasteiger charge is -2.50. The van der Waals surface area contributed by atoms with E-state index in [1.807, 2.05) is 6.08 Å². The van der Waals surface area contributed by atoms with Crippen LogP contribution < -0.4 is 15.1 Å². The Hall–Kier alpha value is -5.72. The van der Waals surface area contributed by atoms with Crippen LogP contribution in [0.1, 0.15) is 29.9 Å². The molecular weight excluding hydrogens is 723 g/mol. The summed E-state index contributed by atoms with van der Waals surface area (Å²) in [6.07, 6.45) is 2.05. The third kappa shape index (κ3) is 5.19. The van der Waals surface area contributed by atoms with Gasteiger partial charge >= 0.3 is 0 Å². The number of carbonyl (C=O) groups is 4. The Morgan fingerprint density at radius 1 is 0.906 bits per heavy atom. The van der Waals surface area contributed by atoms with Crippen LogP contribution in [0.4, 0.5) is 17.1 Å². The van der Waals surface area contributed by atoms with Crippen molar-refractivity contribution in [2.45, 2.75) is 24.2 Å². The lowest BCUT2D eigenvalue weighted by Crippen LogP contribution is -2.53. The molecule has 53 heavy (non-hydrogen) atoms. The number of hydrazine groups is 1. The summed E-state index contributed by atoms with van der Waals surface area (Å²) < 4.78 is 5.43. The molecule has 0 bridgehead atoms. The molecule has 12 nitrogen and oxygen atoms in total. The molecule has 0 spiro atoms. The van der Waals surface area contributed by atoms with Gasteiger partial charge in [-0.05, 0) is 78.4 Å². The van der Waals surface area contributed by atoms with E-state index in [0.717, 1.165) is 9.91 Å². The summed E-state index contributed by atoms with van der Waals surface area (Å²) in [5.41, 5.74) is 3.14. The first kappa shape index (κ1) is 34.4. The Kier molecular flexibility index (Phi) is 8.27. The summed E-state index contributed by atoms with van der Waals surface area (Å²) in [5.74, 6) is -6.09. The standard InChI is InChI=1S/C39H30Cl2N4O8/c1-53-26-11-8-21(9-12-26)39-30(36(48)44(38(39)50)42-32-15-10-22(40)17-31(32)41)19-29-27(34(39)20-4-2-7-25(46)16-20)13-14-28-33(29)37(49)43(35(28)47)23-5-3-6-24(18-23)45(51)52/h2-13,15-18,28-30,33-34,42,46H,14,19H2,1H3. The van der Waals surface area contributed by atoms with Gasteiger partial charge in [0, 0.05) is 23.1 Å². The number of imide groups is 2. The minimum absolute atomic E-state index is 0.0211. The maximum atomic E-state index is 15.3. The Bertz CT molecular complexity index is 2280. The highest BCUT2D eigenvalue weighted by Gasteiger charge is 2.70. The number of fused-ring (bicyclic) bond motifs is 4. The summed E-state index contributed by atoms with van der Waals surface area (Å²) in [4.78, 5) is 70.6. The normalized spacial score (nSPS) is 26.2. The van der Waals surface area contributed by atoms with E-state index in [-0.39, 0.29) is 40.7 Å². The largest absolute Gasteiger partial charge is 0.508 e. The maximum absolute atomic E-state index is 15.3. The van der Waals surface area contributed by atoms with Gasteiger partial charge in [-0.15, -0.1) is 0 Å².